The van der Waals surface area contributed by atoms with E-state index in [0.29, 0.717) is 6.04 Å². The lowest BCUT2D eigenvalue weighted by Gasteiger charge is -2.26. The third-order valence-electron chi connectivity index (χ3n) is 2.84. The SMILES string of the molecule is CNCCC1CNC(=O)c2cc(C)cn21. The molecule has 0 fully saturated rings. The lowest BCUT2D eigenvalue weighted by atomic mass is 10.1. The van der Waals surface area contributed by atoms with E-state index in [0.717, 1.165) is 30.8 Å². The van der Waals surface area contributed by atoms with E-state index in [2.05, 4.69) is 21.4 Å². The number of aryl methyl sites for hydroxylation is 1. The van der Waals surface area contributed by atoms with E-state index in [1.54, 1.807) is 0 Å². The molecule has 0 aliphatic carbocycles. The Hall–Kier alpha value is -1.29. The van der Waals surface area contributed by atoms with Crippen LogP contribution < -0.4 is 10.6 Å². The molecular formula is C11H17N3O. The van der Waals surface area contributed by atoms with E-state index in [-0.39, 0.29) is 5.91 Å². The van der Waals surface area contributed by atoms with Gasteiger partial charge in [0.1, 0.15) is 5.69 Å². The number of aromatic nitrogens is 1. The van der Waals surface area contributed by atoms with Gasteiger partial charge in [0.25, 0.3) is 5.91 Å². The third-order valence-corrected chi connectivity index (χ3v) is 2.84. The molecule has 1 unspecified atom stereocenters. The van der Waals surface area contributed by atoms with Crippen LogP contribution in [-0.4, -0.2) is 30.6 Å². The Morgan fingerprint density at radius 2 is 2.47 bits per heavy atom. The van der Waals surface area contributed by atoms with Crippen LogP contribution in [0.25, 0.3) is 0 Å². The Morgan fingerprint density at radius 3 is 3.20 bits per heavy atom. The van der Waals surface area contributed by atoms with Crippen LogP contribution in [0.4, 0.5) is 0 Å². The quantitative estimate of drug-likeness (QED) is 0.766. The first-order chi connectivity index (χ1) is 7.22. The van der Waals surface area contributed by atoms with E-state index in [9.17, 15) is 4.79 Å². The minimum Gasteiger partial charge on any atom is -0.349 e. The second kappa shape index (κ2) is 4.06. The summed E-state index contributed by atoms with van der Waals surface area (Å²) in [5.41, 5.74) is 1.94. The molecule has 82 valence electrons. The van der Waals surface area contributed by atoms with Gasteiger partial charge in [0.2, 0.25) is 0 Å². The Labute approximate surface area is 89.7 Å². The van der Waals surface area contributed by atoms with Gasteiger partial charge in [-0.2, -0.15) is 0 Å². The third kappa shape index (κ3) is 1.90. The van der Waals surface area contributed by atoms with Crippen LogP contribution in [0.1, 0.15) is 28.5 Å². The van der Waals surface area contributed by atoms with E-state index >= 15 is 0 Å². The summed E-state index contributed by atoms with van der Waals surface area (Å²) in [4.78, 5) is 11.6. The van der Waals surface area contributed by atoms with Crippen LogP contribution in [0.3, 0.4) is 0 Å². The Morgan fingerprint density at radius 1 is 1.67 bits per heavy atom. The van der Waals surface area contributed by atoms with Gasteiger partial charge in [0.15, 0.2) is 0 Å². The summed E-state index contributed by atoms with van der Waals surface area (Å²) in [5, 5.41) is 6.06. The van der Waals surface area contributed by atoms with Gasteiger partial charge in [0, 0.05) is 12.7 Å². The van der Waals surface area contributed by atoms with Crippen molar-refractivity contribution < 1.29 is 4.79 Å². The van der Waals surface area contributed by atoms with Crippen molar-refractivity contribution in [1.29, 1.82) is 0 Å². The van der Waals surface area contributed by atoms with Crippen molar-refractivity contribution in [3.63, 3.8) is 0 Å². The highest BCUT2D eigenvalue weighted by atomic mass is 16.2. The lowest BCUT2D eigenvalue weighted by Crippen LogP contribution is -2.39. The van der Waals surface area contributed by atoms with E-state index in [1.807, 2.05) is 20.0 Å². The molecule has 0 saturated heterocycles. The second-order valence-corrected chi connectivity index (χ2v) is 4.07. The Bertz CT molecular complexity index is 370. The fourth-order valence-electron chi connectivity index (χ4n) is 2.05. The van der Waals surface area contributed by atoms with Crippen LogP contribution in [0, 0.1) is 6.92 Å². The molecule has 0 saturated carbocycles. The lowest BCUT2D eigenvalue weighted by molar-refractivity contribution is 0.0913. The van der Waals surface area contributed by atoms with Gasteiger partial charge < -0.3 is 15.2 Å². The highest BCUT2D eigenvalue weighted by Crippen LogP contribution is 2.20. The number of carbonyl (C=O) groups excluding carboxylic acids is 1. The van der Waals surface area contributed by atoms with Gasteiger partial charge in [-0.1, -0.05) is 0 Å². The van der Waals surface area contributed by atoms with Crippen LogP contribution in [0.5, 0.6) is 0 Å². The molecule has 0 aromatic carbocycles. The zero-order valence-electron chi connectivity index (χ0n) is 9.21. The average Bonchev–Trinajstić information content (AvgIpc) is 2.60. The van der Waals surface area contributed by atoms with Crippen molar-refractivity contribution in [2.24, 2.45) is 0 Å². The molecule has 0 spiro atoms. The van der Waals surface area contributed by atoms with Gasteiger partial charge in [-0.05, 0) is 38.6 Å². The summed E-state index contributed by atoms with van der Waals surface area (Å²) < 4.78 is 2.10. The first kappa shape index (κ1) is 10.2. The Kier molecular flexibility index (Phi) is 2.77. The predicted octanol–water partition coefficient (Wildman–Crippen LogP) is 0.691. The van der Waals surface area contributed by atoms with Crippen molar-refractivity contribution in [3.8, 4) is 0 Å². The molecule has 1 atom stereocenters. The number of nitrogens with one attached hydrogen (secondary N) is 2. The molecular weight excluding hydrogens is 190 g/mol. The van der Waals surface area contributed by atoms with Crippen LogP contribution in [-0.2, 0) is 0 Å². The molecule has 1 aliphatic heterocycles. The van der Waals surface area contributed by atoms with Gasteiger partial charge in [-0.3, -0.25) is 4.79 Å². The number of hydrogen-bond acceptors (Lipinski definition) is 2. The van der Waals surface area contributed by atoms with Crippen molar-refractivity contribution in [3.05, 3.63) is 23.5 Å². The fourth-order valence-corrected chi connectivity index (χ4v) is 2.05. The zero-order valence-corrected chi connectivity index (χ0v) is 9.21. The van der Waals surface area contributed by atoms with Crippen molar-refractivity contribution in [1.82, 2.24) is 15.2 Å². The molecule has 4 heteroatoms. The maximum absolute atomic E-state index is 11.6. The highest BCUT2D eigenvalue weighted by molar-refractivity contribution is 5.93. The van der Waals surface area contributed by atoms with Crippen molar-refractivity contribution in [2.45, 2.75) is 19.4 Å². The smallest absolute Gasteiger partial charge is 0.267 e. The van der Waals surface area contributed by atoms with E-state index in [4.69, 9.17) is 0 Å². The maximum Gasteiger partial charge on any atom is 0.267 e. The topological polar surface area (TPSA) is 46.1 Å². The minimum atomic E-state index is 0.0452. The molecule has 1 aromatic heterocycles. The first-order valence-corrected chi connectivity index (χ1v) is 5.33. The standard InChI is InChI=1S/C11H17N3O/c1-8-5-10-11(15)13-6-9(3-4-12-2)14(10)7-8/h5,7,9,12H,3-4,6H2,1-2H3,(H,13,15). The van der Waals surface area contributed by atoms with Crippen molar-refractivity contribution in [2.75, 3.05) is 20.1 Å². The van der Waals surface area contributed by atoms with Gasteiger partial charge in [0.05, 0.1) is 6.04 Å². The average molecular weight is 207 g/mol. The summed E-state index contributed by atoms with van der Waals surface area (Å²) in [6.07, 6.45) is 3.10. The molecule has 0 radical (unpaired) electrons. The summed E-state index contributed by atoms with van der Waals surface area (Å²) in [7, 11) is 1.95. The fraction of sp³-hybridized carbons (Fsp3) is 0.545. The summed E-state index contributed by atoms with van der Waals surface area (Å²) in [5.74, 6) is 0.0452. The maximum atomic E-state index is 11.6. The van der Waals surface area contributed by atoms with Crippen molar-refractivity contribution >= 4 is 5.91 Å². The van der Waals surface area contributed by atoms with Gasteiger partial charge >= 0.3 is 0 Å². The second-order valence-electron chi connectivity index (χ2n) is 4.07. The van der Waals surface area contributed by atoms with Gasteiger partial charge in [-0.25, -0.2) is 0 Å². The monoisotopic (exact) mass is 207 g/mol. The summed E-state index contributed by atoms with van der Waals surface area (Å²) in [6, 6.07) is 2.33. The molecule has 2 N–H and O–H groups in total. The number of hydrogen-bond donors (Lipinski definition) is 2. The molecule has 2 heterocycles. The minimum absolute atomic E-state index is 0.0452. The zero-order chi connectivity index (χ0) is 10.8. The molecule has 1 amide bonds. The van der Waals surface area contributed by atoms with Gasteiger partial charge in [-0.15, -0.1) is 0 Å². The first-order valence-electron chi connectivity index (χ1n) is 5.33. The molecule has 0 bridgehead atoms. The molecule has 1 aromatic rings. The molecule has 15 heavy (non-hydrogen) atoms. The largest absolute Gasteiger partial charge is 0.349 e. The van der Waals surface area contributed by atoms with Crippen LogP contribution >= 0.6 is 0 Å². The summed E-state index contributed by atoms with van der Waals surface area (Å²) >= 11 is 0. The highest BCUT2D eigenvalue weighted by Gasteiger charge is 2.24. The number of fused-ring (bicyclic) bond motifs is 1. The molecule has 4 nitrogen and oxygen atoms in total. The Balaban J connectivity index is 2.23. The van der Waals surface area contributed by atoms with Crippen LogP contribution in [0.2, 0.25) is 0 Å². The molecule has 1 aliphatic rings. The van der Waals surface area contributed by atoms with Crippen LogP contribution in [0.15, 0.2) is 12.3 Å². The number of rotatable bonds is 3. The van der Waals surface area contributed by atoms with E-state index in [1.165, 1.54) is 0 Å². The number of carbonyl (C=O) groups is 1. The van der Waals surface area contributed by atoms with E-state index < -0.39 is 0 Å². The summed E-state index contributed by atoms with van der Waals surface area (Å²) in [6.45, 7) is 3.73. The number of nitrogens with zero attached hydrogens (tertiary/aromatic N) is 1. The predicted molar refractivity (Wildman–Crippen MR) is 59.1 cm³/mol. The normalized spacial score (nSPS) is 19.9. The molecule has 2 rings (SSSR count). The number of amides is 1.